The summed E-state index contributed by atoms with van der Waals surface area (Å²) in [6.07, 6.45) is 0. The molecule has 15 aromatic rings. The monoisotopic (exact) mass is 846 g/mol. The summed E-state index contributed by atoms with van der Waals surface area (Å²) in [5.41, 5.74) is 15.1. The minimum Gasteiger partial charge on any atom is -0.456 e. The van der Waals surface area contributed by atoms with Gasteiger partial charge in [0.2, 0.25) is 0 Å². The molecular weight excluding hydrogens is 813 g/mol. The Bertz CT molecular complexity index is 4460. The minimum absolute atomic E-state index is 0.885. The second-order valence-electron chi connectivity index (χ2n) is 17.3. The maximum atomic E-state index is 6.51. The van der Waals surface area contributed by atoms with Gasteiger partial charge in [0.25, 0.3) is 0 Å². The van der Waals surface area contributed by atoms with Crippen molar-refractivity contribution in [3.8, 4) is 33.6 Å². The van der Waals surface area contributed by atoms with Gasteiger partial charge in [0.1, 0.15) is 22.3 Å². The Hall–Kier alpha value is -8.38. The third-order valence-corrected chi connectivity index (χ3v) is 14.9. The molecule has 10 aromatic carbocycles. The maximum absolute atomic E-state index is 6.51. The van der Waals surface area contributed by atoms with E-state index in [4.69, 9.17) is 8.83 Å². The van der Waals surface area contributed by atoms with Crippen molar-refractivity contribution in [2.75, 3.05) is 0 Å². The standard InChI is InChI=1S/C60H34N2O2S/c1-2-10-39(11-3-1)61-51-25-20-37(28-44(51)46-31-48-41-12-4-7-15-55(41)63-57(48)33-53(46)61)38-21-26-52-45(29-38)47-32-49-42-13-5-8-16-56(42)64-58(49)34-54(47)62(52)40-23-18-35(19-24-40)36-22-27-60-50(30-36)43-14-6-9-17-59(43)65-60/h1-34H. The van der Waals surface area contributed by atoms with Crippen LogP contribution in [0.5, 0.6) is 0 Å². The fraction of sp³-hybridized carbons (Fsp3) is 0. The third kappa shape index (κ3) is 5.07. The molecule has 65 heavy (non-hydrogen) atoms. The van der Waals surface area contributed by atoms with E-state index in [1.165, 1.54) is 58.4 Å². The number of hydrogen-bond donors (Lipinski definition) is 0. The fourth-order valence-electron chi connectivity index (χ4n) is 10.7. The molecular formula is C60H34N2O2S. The topological polar surface area (TPSA) is 36.1 Å². The van der Waals surface area contributed by atoms with Gasteiger partial charge < -0.3 is 18.0 Å². The van der Waals surface area contributed by atoms with Crippen molar-refractivity contribution in [1.29, 1.82) is 0 Å². The summed E-state index contributed by atoms with van der Waals surface area (Å²) < 4.78 is 20.3. The van der Waals surface area contributed by atoms with Gasteiger partial charge >= 0.3 is 0 Å². The highest BCUT2D eigenvalue weighted by atomic mass is 32.1. The lowest BCUT2D eigenvalue weighted by Crippen LogP contribution is -1.94. The number of nitrogens with zero attached hydrogens (tertiary/aromatic N) is 2. The molecule has 0 bridgehead atoms. The third-order valence-electron chi connectivity index (χ3n) is 13.7. The molecule has 0 aliphatic carbocycles. The number of thiophene rings is 1. The zero-order valence-corrected chi connectivity index (χ0v) is 35.6. The van der Waals surface area contributed by atoms with Gasteiger partial charge in [-0.3, -0.25) is 0 Å². The summed E-state index contributed by atoms with van der Waals surface area (Å²) >= 11 is 1.86. The van der Waals surface area contributed by atoms with Crippen LogP contribution >= 0.6 is 11.3 Å². The Morgan fingerprint density at radius 2 is 0.708 bits per heavy atom. The molecule has 0 saturated heterocycles. The van der Waals surface area contributed by atoms with Gasteiger partial charge in [-0.1, -0.05) is 103 Å². The SMILES string of the molecule is c1ccc(-n2c3ccc(-c4ccc5c(c4)c4cc6c(cc4n5-c4ccc(-c5ccc7sc8ccccc8c7c5)cc4)oc4ccccc46)cc3c3cc4c(cc32)oc2ccccc24)cc1. The van der Waals surface area contributed by atoms with Crippen LogP contribution in [-0.2, 0) is 0 Å². The average Bonchev–Trinajstić information content (AvgIpc) is 4.17. The van der Waals surface area contributed by atoms with Gasteiger partial charge in [0.15, 0.2) is 0 Å². The highest BCUT2D eigenvalue weighted by molar-refractivity contribution is 7.25. The molecule has 0 saturated carbocycles. The first-order valence-electron chi connectivity index (χ1n) is 22.1. The summed E-state index contributed by atoms with van der Waals surface area (Å²) in [5.74, 6) is 0. The van der Waals surface area contributed by atoms with E-state index in [1.54, 1.807) is 0 Å². The Morgan fingerprint density at radius 3 is 1.32 bits per heavy atom. The molecule has 5 aromatic heterocycles. The molecule has 5 heterocycles. The van der Waals surface area contributed by atoms with E-state index < -0.39 is 0 Å². The second-order valence-corrected chi connectivity index (χ2v) is 18.3. The van der Waals surface area contributed by atoms with Crippen LogP contribution in [0.2, 0.25) is 0 Å². The summed E-state index contributed by atoms with van der Waals surface area (Å²) in [6, 6.07) is 75.0. The number of para-hydroxylation sites is 3. The van der Waals surface area contributed by atoms with Crippen LogP contribution in [0.1, 0.15) is 0 Å². The van der Waals surface area contributed by atoms with Crippen LogP contribution in [0.3, 0.4) is 0 Å². The van der Waals surface area contributed by atoms with Crippen molar-refractivity contribution in [3.63, 3.8) is 0 Å². The minimum atomic E-state index is 0.885. The van der Waals surface area contributed by atoms with Crippen LogP contribution < -0.4 is 0 Å². The van der Waals surface area contributed by atoms with Crippen molar-refractivity contribution in [1.82, 2.24) is 9.13 Å². The highest BCUT2D eigenvalue weighted by Gasteiger charge is 2.20. The van der Waals surface area contributed by atoms with E-state index in [2.05, 4.69) is 203 Å². The van der Waals surface area contributed by atoms with Gasteiger partial charge in [-0.25, -0.2) is 0 Å². The summed E-state index contributed by atoms with van der Waals surface area (Å²) in [7, 11) is 0. The molecule has 0 N–H and O–H groups in total. The van der Waals surface area contributed by atoms with Gasteiger partial charge in [-0.15, -0.1) is 11.3 Å². The Kier molecular flexibility index (Phi) is 7.07. The molecule has 0 amide bonds. The first-order valence-corrected chi connectivity index (χ1v) is 22.9. The normalized spacial score (nSPS) is 12.3. The Labute approximate surface area is 375 Å². The van der Waals surface area contributed by atoms with Crippen LogP contribution in [0.4, 0.5) is 0 Å². The second kappa shape index (κ2) is 13.1. The molecule has 0 aliphatic heterocycles. The quantitative estimate of drug-likeness (QED) is 0.177. The predicted octanol–water partition coefficient (Wildman–Crippen LogP) is 17.4. The van der Waals surface area contributed by atoms with E-state index in [1.807, 2.05) is 23.5 Å². The van der Waals surface area contributed by atoms with E-state index >= 15 is 0 Å². The van der Waals surface area contributed by atoms with Crippen LogP contribution in [-0.4, -0.2) is 9.13 Å². The molecule has 0 atom stereocenters. The molecule has 5 heteroatoms. The molecule has 0 aliphatic rings. The molecule has 15 rings (SSSR count). The lowest BCUT2D eigenvalue weighted by Gasteiger charge is -2.10. The van der Waals surface area contributed by atoms with Gasteiger partial charge in [0, 0.05) is 86.8 Å². The lowest BCUT2D eigenvalue weighted by atomic mass is 10.00. The molecule has 0 radical (unpaired) electrons. The Balaban J connectivity index is 0.925. The number of fused-ring (bicyclic) bond motifs is 15. The van der Waals surface area contributed by atoms with Crippen molar-refractivity contribution in [3.05, 3.63) is 206 Å². The van der Waals surface area contributed by atoms with E-state index in [0.717, 1.165) is 82.9 Å². The van der Waals surface area contributed by atoms with Crippen molar-refractivity contribution < 1.29 is 8.83 Å². The van der Waals surface area contributed by atoms with Gasteiger partial charge in [-0.05, 0) is 113 Å². The fourth-order valence-corrected chi connectivity index (χ4v) is 11.8. The molecule has 0 unspecified atom stereocenters. The van der Waals surface area contributed by atoms with Gasteiger partial charge in [-0.2, -0.15) is 0 Å². The van der Waals surface area contributed by atoms with E-state index in [0.29, 0.717) is 0 Å². The first-order chi connectivity index (χ1) is 32.2. The van der Waals surface area contributed by atoms with Crippen molar-refractivity contribution >= 4 is 119 Å². The van der Waals surface area contributed by atoms with Crippen LogP contribution in [0.15, 0.2) is 215 Å². The number of rotatable bonds is 4. The summed E-state index contributed by atoms with van der Waals surface area (Å²) in [6.45, 7) is 0. The van der Waals surface area contributed by atoms with Crippen molar-refractivity contribution in [2.45, 2.75) is 0 Å². The molecule has 4 nitrogen and oxygen atoms in total. The Morgan fingerprint density at radius 1 is 0.262 bits per heavy atom. The van der Waals surface area contributed by atoms with E-state index in [9.17, 15) is 0 Å². The smallest absolute Gasteiger partial charge is 0.137 e. The molecule has 0 fully saturated rings. The maximum Gasteiger partial charge on any atom is 0.137 e. The lowest BCUT2D eigenvalue weighted by molar-refractivity contribution is 0.669. The zero-order chi connectivity index (χ0) is 42.3. The number of aromatic nitrogens is 2. The highest BCUT2D eigenvalue weighted by Crippen LogP contribution is 2.43. The first kappa shape index (κ1) is 35.1. The molecule has 0 spiro atoms. The zero-order valence-electron chi connectivity index (χ0n) is 34.7. The van der Waals surface area contributed by atoms with E-state index in [-0.39, 0.29) is 0 Å². The largest absolute Gasteiger partial charge is 0.456 e. The average molecular weight is 847 g/mol. The van der Waals surface area contributed by atoms with Crippen LogP contribution in [0.25, 0.3) is 141 Å². The number of furan rings is 2. The predicted molar refractivity (Wildman–Crippen MR) is 273 cm³/mol. The summed E-state index contributed by atoms with van der Waals surface area (Å²) in [4.78, 5) is 0. The molecule has 302 valence electrons. The van der Waals surface area contributed by atoms with Crippen LogP contribution in [0, 0.1) is 0 Å². The number of benzene rings is 10. The summed E-state index contributed by atoms with van der Waals surface area (Å²) in [5, 5.41) is 11.9. The van der Waals surface area contributed by atoms with Crippen molar-refractivity contribution in [2.24, 2.45) is 0 Å². The van der Waals surface area contributed by atoms with Gasteiger partial charge in [0.05, 0.1) is 22.1 Å². The number of hydrogen-bond acceptors (Lipinski definition) is 3.